The molecule has 24 heavy (non-hydrogen) atoms. The molecule has 1 aliphatic heterocycles. The number of nitriles is 1. The molecule has 0 spiro atoms. The molecule has 0 saturated heterocycles. The zero-order chi connectivity index (χ0) is 16.9. The first kappa shape index (κ1) is 15.8. The van der Waals surface area contributed by atoms with Gasteiger partial charge in [0.05, 0.1) is 11.1 Å². The second kappa shape index (κ2) is 7.02. The van der Waals surface area contributed by atoms with Crippen LogP contribution in [0.15, 0.2) is 18.2 Å². The molecule has 3 rings (SSSR count). The lowest BCUT2D eigenvalue weighted by Crippen LogP contribution is -2.31. The third-order valence-corrected chi connectivity index (χ3v) is 3.44. The maximum absolute atomic E-state index is 11.3. The Bertz CT molecular complexity index is 816. The van der Waals surface area contributed by atoms with Crippen LogP contribution in [0.2, 0.25) is 0 Å². The predicted molar refractivity (Wildman–Crippen MR) is 86.0 cm³/mol. The minimum atomic E-state index is -0.195. The number of amides is 1. The van der Waals surface area contributed by atoms with E-state index in [1.165, 1.54) is 7.11 Å². The molecule has 8 heteroatoms. The first-order chi connectivity index (χ1) is 11.7. The Morgan fingerprint density at radius 3 is 2.88 bits per heavy atom. The van der Waals surface area contributed by atoms with Crippen LogP contribution in [0.4, 0.5) is 5.82 Å². The first-order valence-electron chi connectivity index (χ1n) is 7.35. The number of ether oxygens (including phenoxy) is 3. The fraction of sp³-hybridized carbons (Fsp3) is 0.312. The van der Waals surface area contributed by atoms with Gasteiger partial charge in [-0.25, -0.2) is 4.98 Å². The Labute approximate surface area is 138 Å². The highest BCUT2D eigenvalue weighted by Crippen LogP contribution is 2.36. The molecule has 0 bridgehead atoms. The second-order valence-electron chi connectivity index (χ2n) is 5.10. The number of rotatable bonds is 6. The Balaban J connectivity index is 1.74. The summed E-state index contributed by atoms with van der Waals surface area (Å²) < 4.78 is 15.4. The molecule has 1 amide bonds. The number of methoxy groups -OCH3 is 1. The zero-order valence-electron chi connectivity index (χ0n) is 13.1. The van der Waals surface area contributed by atoms with Gasteiger partial charge < -0.3 is 24.8 Å². The number of fused-ring (bicyclic) bond motifs is 2. The van der Waals surface area contributed by atoms with E-state index in [-0.39, 0.29) is 19.3 Å². The molecular weight excluding hydrogens is 312 g/mol. The fourth-order valence-corrected chi connectivity index (χ4v) is 2.35. The maximum Gasteiger partial charge on any atom is 0.246 e. The zero-order valence-corrected chi connectivity index (χ0v) is 13.1. The van der Waals surface area contributed by atoms with Gasteiger partial charge in [0, 0.05) is 31.7 Å². The van der Waals surface area contributed by atoms with E-state index in [2.05, 4.69) is 21.7 Å². The standard InChI is InChI=1S/C16H16N4O4/c1-22-8-15(21)18-2-3-19-16-11(7-17)4-10-5-13-14(24-9-23-13)6-12(10)20-16/h4-6H,2-3,8-9H2,1H3,(H,18,21)(H,19,20). The minimum absolute atomic E-state index is 0.0187. The minimum Gasteiger partial charge on any atom is -0.454 e. The Hall–Kier alpha value is -3.05. The Morgan fingerprint density at radius 2 is 2.12 bits per heavy atom. The van der Waals surface area contributed by atoms with Crippen LogP contribution in [0, 0.1) is 11.3 Å². The molecule has 1 aliphatic rings. The lowest BCUT2D eigenvalue weighted by atomic mass is 10.1. The molecule has 2 heterocycles. The molecule has 0 unspecified atom stereocenters. The Kier molecular flexibility index (Phi) is 4.63. The Morgan fingerprint density at radius 1 is 1.33 bits per heavy atom. The average Bonchev–Trinajstić information content (AvgIpc) is 3.03. The molecule has 0 aliphatic carbocycles. The molecule has 0 fully saturated rings. The molecule has 8 nitrogen and oxygen atoms in total. The number of carbonyl (C=O) groups is 1. The van der Waals surface area contributed by atoms with E-state index < -0.39 is 0 Å². The summed E-state index contributed by atoms with van der Waals surface area (Å²) in [7, 11) is 1.46. The van der Waals surface area contributed by atoms with Gasteiger partial charge in [0.2, 0.25) is 12.7 Å². The van der Waals surface area contributed by atoms with Crippen LogP contribution < -0.4 is 20.1 Å². The van der Waals surface area contributed by atoms with Crippen molar-refractivity contribution in [2.45, 2.75) is 0 Å². The van der Waals surface area contributed by atoms with Gasteiger partial charge in [-0.2, -0.15) is 5.26 Å². The predicted octanol–water partition coefficient (Wildman–Crippen LogP) is 1.01. The van der Waals surface area contributed by atoms with Gasteiger partial charge in [0.25, 0.3) is 0 Å². The molecule has 0 atom stereocenters. The molecule has 2 aromatic rings. The summed E-state index contributed by atoms with van der Waals surface area (Å²) in [5.74, 6) is 1.55. The van der Waals surface area contributed by atoms with E-state index >= 15 is 0 Å². The number of pyridine rings is 1. The highest BCUT2D eigenvalue weighted by atomic mass is 16.7. The second-order valence-corrected chi connectivity index (χ2v) is 5.10. The number of hydrogen-bond donors (Lipinski definition) is 2. The summed E-state index contributed by atoms with van der Waals surface area (Å²) >= 11 is 0. The number of hydrogen-bond acceptors (Lipinski definition) is 7. The third-order valence-electron chi connectivity index (χ3n) is 3.44. The topological polar surface area (TPSA) is 106 Å². The van der Waals surface area contributed by atoms with E-state index in [9.17, 15) is 10.1 Å². The monoisotopic (exact) mass is 328 g/mol. The van der Waals surface area contributed by atoms with Crippen molar-refractivity contribution >= 4 is 22.6 Å². The van der Waals surface area contributed by atoms with Gasteiger partial charge in [-0.3, -0.25) is 4.79 Å². The van der Waals surface area contributed by atoms with Crippen LogP contribution in [-0.2, 0) is 9.53 Å². The molecule has 1 aromatic heterocycles. The fourth-order valence-electron chi connectivity index (χ4n) is 2.35. The third kappa shape index (κ3) is 3.31. The lowest BCUT2D eigenvalue weighted by Gasteiger charge is -2.10. The summed E-state index contributed by atoms with van der Waals surface area (Å²) in [6, 6.07) is 7.46. The van der Waals surface area contributed by atoms with Crippen molar-refractivity contribution in [3.8, 4) is 17.6 Å². The number of benzene rings is 1. The van der Waals surface area contributed by atoms with Crippen molar-refractivity contribution in [2.75, 3.05) is 38.9 Å². The van der Waals surface area contributed by atoms with E-state index in [1.54, 1.807) is 18.2 Å². The summed E-state index contributed by atoms with van der Waals surface area (Å²) in [6.07, 6.45) is 0. The molecular formula is C16H16N4O4. The summed E-state index contributed by atoms with van der Waals surface area (Å²) in [4.78, 5) is 15.8. The van der Waals surface area contributed by atoms with Gasteiger partial charge in [-0.1, -0.05) is 0 Å². The van der Waals surface area contributed by atoms with Crippen molar-refractivity contribution in [2.24, 2.45) is 0 Å². The number of aromatic nitrogens is 1. The molecule has 124 valence electrons. The van der Waals surface area contributed by atoms with Crippen LogP contribution >= 0.6 is 0 Å². The quantitative estimate of drug-likeness (QED) is 0.762. The number of nitrogens with one attached hydrogen (secondary N) is 2. The summed E-state index contributed by atoms with van der Waals surface area (Å²) in [5.41, 5.74) is 1.12. The SMILES string of the molecule is COCC(=O)NCCNc1nc2cc3c(cc2cc1C#N)OCO3. The van der Waals surface area contributed by atoms with Crippen LogP contribution in [0.3, 0.4) is 0 Å². The molecule has 2 N–H and O–H groups in total. The highest BCUT2D eigenvalue weighted by molar-refractivity contribution is 5.86. The lowest BCUT2D eigenvalue weighted by molar-refractivity contribution is -0.124. The van der Waals surface area contributed by atoms with E-state index in [0.717, 1.165) is 5.39 Å². The van der Waals surface area contributed by atoms with E-state index in [1.807, 2.05) is 0 Å². The van der Waals surface area contributed by atoms with Crippen molar-refractivity contribution < 1.29 is 19.0 Å². The normalized spacial score (nSPS) is 12.0. The van der Waals surface area contributed by atoms with Crippen molar-refractivity contribution in [1.82, 2.24) is 10.3 Å². The molecule has 1 aromatic carbocycles. The number of nitrogens with zero attached hydrogens (tertiary/aromatic N) is 2. The first-order valence-corrected chi connectivity index (χ1v) is 7.35. The van der Waals surface area contributed by atoms with Gasteiger partial charge in [0.1, 0.15) is 18.5 Å². The van der Waals surface area contributed by atoms with Crippen LogP contribution in [-0.4, -0.2) is 44.5 Å². The van der Waals surface area contributed by atoms with Crippen molar-refractivity contribution in [3.63, 3.8) is 0 Å². The van der Waals surface area contributed by atoms with Gasteiger partial charge in [-0.15, -0.1) is 0 Å². The largest absolute Gasteiger partial charge is 0.454 e. The van der Waals surface area contributed by atoms with Gasteiger partial charge in [0.15, 0.2) is 11.5 Å². The average molecular weight is 328 g/mol. The molecule has 0 radical (unpaired) electrons. The van der Waals surface area contributed by atoms with Gasteiger partial charge in [-0.05, 0) is 12.1 Å². The van der Waals surface area contributed by atoms with Crippen molar-refractivity contribution in [3.05, 3.63) is 23.8 Å². The van der Waals surface area contributed by atoms with Crippen molar-refractivity contribution in [1.29, 1.82) is 5.26 Å². The van der Waals surface area contributed by atoms with E-state index in [4.69, 9.17) is 14.2 Å². The number of carbonyl (C=O) groups excluding carboxylic acids is 1. The maximum atomic E-state index is 11.3. The van der Waals surface area contributed by atoms with E-state index in [0.29, 0.717) is 41.5 Å². The number of anilines is 1. The van der Waals surface area contributed by atoms with Crippen LogP contribution in [0.25, 0.3) is 10.9 Å². The van der Waals surface area contributed by atoms with Crippen LogP contribution in [0.1, 0.15) is 5.56 Å². The summed E-state index contributed by atoms with van der Waals surface area (Å²) in [5, 5.41) is 15.9. The van der Waals surface area contributed by atoms with Gasteiger partial charge >= 0.3 is 0 Å². The van der Waals surface area contributed by atoms with Crippen LogP contribution in [0.5, 0.6) is 11.5 Å². The smallest absolute Gasteiger partial charge is 0.246 e. The summed E-state index contributed by atoms with van der Waals surface area (Å²) in [6.45, 7) is 1.04. The highest BCUT2D eigenvalue weighted by Gasteiger charge is 2.16. The molecule has 0 saturated carbocycles.